The van der Waals surface area contributed by atoms with Crippen LogP contribution in [0.1, 0.15) is 11.1 Å². The Morgan fingerprint density at radius 1 is 1.21 bits per heavy atom. The normalized spacial score (nSPS) is 28.4. The first-order valence-electron chi connectivity index (χ1n) is 8.03. The molecule has 2 bridgehead atoms. The van der Waals surface area contributed by atoms with Gasteiger partial charge >= 0.3 is 6.18 Å². The molecule has 0 saturated carbocycles. The number of hydrogen-bond donors (Lipinski definition) is 0. The predicted octanol–water partition coefficient (Wildman–Crippen LogP) is 3.10. The Kier molecular flexibility index (Phi) is 5.93. The van der Waals surface area contributed by atoms with Crippen LogP contribution in [0.3, 0.4) is 0 Å². The van der Waals surface area contributed by atoms with Crippen molar-refractivity contribution < 1.29 is 26.3 Å². The fraction of sp³-hybridized carbons (Fsp3) is 0.316. The first-order valence-corrected chi connectivity index (χ1v) is 9.54. The summed E-state index contributed by atoms with van der Waals surface area (Å²) in [6.45, 7) is 6.07. The number of anilines is 1. The van der Waals surface area contributed by atoms with Crippen molar-refractivity contribution in [3.05, 3.63) is 54.6 Å². The molecule has 0 radical (unpaired) electrons. The summed E-state index contributed by atoms with van der Waals surface area (Å²) in [6.07, 6.45) is 5.89. The number of nitriles is 1. The number of ether oxygens (including phenoxy) is 1. The Balaban J connectivity index is 0.000000660. The van der Waals surface area contributed by atoms with Gasteiger partial charge < -0.3 is 4.74 Å². The topological polar surface area (TPSA) is 70.4 Å². The third kappa shape index (κ3) is 3.28. The molecule has 2 fully saturated rings. The number of rotatable bonds is 1. The van der Waals surface area contributed by atoms with Crippen LogP contribution in [0.4, 0.5) is 18.9 Å². The number of sulfonamides is 1. The highest BCUT2D eigenvalue weighted by atomic mass is 32.2. The minimum absolute atomic E-state index is 0.0711. The minimum atomic E-state index is -4.73. The molecule has 3 aliphatic rings. The largest absolute Gasteiger partial charge is 0.417 e. The van der Waals surface area contributed by atoms with Crippen LogP contribution in [-0.2, 0) is 20.9 Å². The van der Waals surface area contributed by atoms with Gasteiger partial charge in [-0.25, -0.2) is 8.42 Å². The van der Waals surface area contributed by atoms with Crippen molar-refractivity contribution in [2.75, 3.05) is 10.8 Å². The molecule has 4 atom stereocenters. The van der Waals surface area contributed by atoms with E-state index in [-0.39, 0.29) is 24.3 Å². The zero-order valence-electron chi connectivity index (χ0n) is 14.6. The maximum absolute atomic E-state index is 13.1. The molecule has 3 heterocycles. The van der Waals surface area contributed by atoms with E-state index in [1.165, 1.54) is 12.1 Å². The molecule has 2 unspecified atom stereocenters. The monoisotopic (exact) mass is 410 g/mol. The van der Waals surface area contributed by atoms with Gasteiger partial charge in [-0.15, -0.1) is 26.0 Å². The Hall–Kier alpha value is -2.75. The summed E-state index contributed by atoms with van der Waals surface area (Å²) in [5.41, 5.74) is -1.74. The molecule has 0 amide bonds. The molecule has 3 aliphatic heterocycles. The number of hydrogen-bond acceptors (Lipinski definition) is 4. The second kappa shape index (κ2) is 7.70. The van der Waals surface area contributed by atoms with Gasteiger partial charge in [-0.2, -0.15) is 18.4 Å². The van der Waals surface area contributed by atoms with Crippen LogP contribution in [0.25, 0.3) is 0 Å². The standard InChI is InChI=1S/C15H11F3N2O3S.C2H4.C2H2/c16-15(17,18)11-5-9(2-1-8(11)6-19)20-7-10-12-3-4-13(23-12)14(10)24(20,21)22;2*1-2/h1-5,10,12-14H,7H2;1-2H2;1-2H/t10?,12-,13+,14?;;/m1../s1. The Labute approximate surface area is 161 Å². The molecular weight excluding hydrogens is 393 g/mol. The lowest BCUT2D eigenvalue weighted by molar-refractivity contribution is -0.137. The van der Waals surface area contributed by atoms with Crippen LogP contribution in [-0.4, -0.2) is 32.4 Å². The summed E-state index contributed by atoms with van der Waals surface area (Å²) >= 11 is 0. The number of terminal acetylenes is 1. The molecule has 0 aromatic heterocycles. The van der Waals surface area contributed by atoms with Crippen molar-refractivity contribution in [3.8, 4) is 18.9 Å². The average Bonchev–Trinajstić information content (AvgIpc) is 3.36. The Morgan fingerprint density at radius 3 is 2.36 bits per heavy atom. The van der Waals surface area contributed by atoms with Crippen molar-refractivity contribution in [2.45, 2.75) is 23.6 Å². The molecule has 0 spiro atoms. The number of halogens is 3. The van der Waals surface area contributed by atoms with Crippen molar-refractivity contribution in [1.82, 2.24) is 0 Å². The third-order valence-corrected chi connectivity index (χ3v) is 7.00. The van der Waals surface area contributed by atoms with Gasteiger partial charge in [0, 0.05) is 12.5 Å². The van der Waals surface area contributed by atoms with Crippen molar-refractivity contribution in [1.29, 1.82) is 5.26 Å². The lowest BCUT2D eigenvalue weighted by Crippen LogP contribution is -2.35. The van der Waals surface area contributed by atoms with E-state index in [2.05, 4.69) is 26.0 Å². The van der Waals surface area contributed by atoms with E-state index < -0.39 is 38.7 Å². The summed E-state index contributed by atoms with van der Waals surface area (Å²) in [5, 5.41) is 8.08. The number of benzene rings is 1. The quantitative estimate of drug-likeness (QED) is 0.527. The molecule has 9 heteroatoms. The van der Waals surface area contributed by atoms with Gasteiger partial charge in [-0.05, 0) is 18.2 Å². The highest BCUT2D eigenvalue weighted by molar-refractivity contribution is 7.93. The lowest BCUT2D eigenvalue weighted by Gasteiger charge is -2.22. The van der Waals surface area contributed by atoms with E-state index in [9.17, 15) is 21.6 Å². The van der Waals surface area contributed by atoms with E-state index in [1.807, 2.05) is 0 Å². The van der Waals surface area contributed by atoms with E-state index in [4.69, 9.17) is 10.00 Å². The van der Waals surface area contributed by atoms with E-state index in [0.29, 0.717) is 0 Å². The summed E-state index contributed by atoms with van der Waals surface area (Å²) in [5.74, 6) is -0.296. The van der Waals surface area contributed by atoms with E-state index in [1.54, 1.807) is 12.2 Å². The zero-order chi connectivity index (χ0) is 21.3. The molecule has 148 valence electrons. The summed E-state index contributed by atoms with van der Waals surface area (Å²) in [4.78, 5) is 0. The molecule has 0 N–H and O–H groups in total. The van der Waals surface area contributed by atoms with Crippen molar-refractivity contribution in [3.63, 3.8) is 0 Å². The predicted molar refractivity (Wildman–Crippen MR) is 98.6 cm³/mol. The highest BCUT2D eigenvalue weighted by Crippen LogP contribution is 2.46. The summed E-state index contributed by atoms with van der Waals surface area (Å²) in [6, 6.07) is 4.46. The number of alkyl halides is 3. The highest BCUT2D eigenvalue weighted by Gasteiger charge is 2.59. The first-order chi connectivity index (χ1) is 13.2. The molecule has 1 aromatic rings. The molecule has 28 heavy (non-hydrogen) atoms. The molecule has 2 saturated heterocycles. The van der Waals surface area contributed by atoms with Crippen LogP contribution in [0.2, 0.25) is 0 Å². The fourth-order valence-corrected chi connectivity index (χ4v) is 5.92. The molecule has 1 aromatic carbocycles. The minimum Gasteiger partial charge on any atom is -0.365 e. The van der Waals surface area contributed by atoms with E-state index >= 15 is 0 Å². The summed E-state index contributed by atoms with van der Waals surface area (Å²) < 4.78 is 71.4. The van der Waals surface area contributed by atoms with Gasteiger partial charge in [0.1, 0.15) is 5.25 Å². The number of fused-ring (bicyclic) bond motifs is 5. The molecule has 5 nitrogen and oxygen atoms in total. The SMILES string of the molecule is C#C.C=C.N#Cc1ccc(N2CC3C([C@@H]4C=C[C@H]3O4)S2(=O)=O)cc1C(F)(F)F. The Morgan fingerprint density at radius 2 is 1.82 bits per heavy atom. The van der Waals surface area contributed by atoms with Crippen LogP contribution in [0.5, 0.6) is 0 Å². The zero-order valence-corrected chi connectivity index (χ0v) is 15.4. The van der Waals surface area contributed by atoms with E-state index in [0.717, 1.165) is 16.4 Å². The first kappa shape index (κ1) is 21.5. The molecule has 0 aliphatic carbocycles. The van der Waals surface area contributed by atoms with Gasteiger partial charge in [0.05, 0.1) is 35.1 Å². The summed E-state index contributed by atoms with van der Waals surface area (Å²) in [7, 11) is -3.82. The maximum Gasteiger partial charge on any atom is 0.417 e. The second-order valence-corrected chi connectivity index (χ2v) is 8.01. The van der Waals surface area contributed by atoms with Gasteiger partial charge in [0.15, 0.2) is 0 Å². The van der Waals surface area contributed by atoms with Gasteiger partial charge in [-0.3, -0.25) is 4.31 Å². The number of nitrogens with zero attached hydrogens (tertiary/aromatic N) is 2. The third-order valence-electron chi connectivity index (χ3n) is 4.72. The maximum atomic E-state index is 13.1. The Bertz CT molecular complexity index is 947. The van der Waals surface area contributed by atoms with Crippen molar-refractivity contribution in [2.24, 2.45) is 5.92 Å². The van der Waals surface area contributed by atoms with Crippen molar-refractivity contribution >= 4 is 15.7 Å². The smallest absolute Gasteiger partial charge is 0.365 e. The van der Waals surface area contributed by atoms with Crippen LogP contribution < -0.4 is 4.31 Å². The van der Waals surface area contributed by atoms with Crippen LogP contribution in [0.15, 0.2) is 43.5 Å². The molecule has 4 rings (SSSR count). The van der Waals surface area contributed by atoms with Gasteiger partial charge in [0.2, 0.25) is 10.0 Å². The van der Waals surface area contributed by atoms with Crippen LogP contribution >= 0.6 is 0 Å². The molecular formula is C19H17F3N2O3S. The fourth-order valence-electron chi connectivity index (χ4n) is 3.66. The lowest BCUT2D eigenvalue weighted by atomic mass is 9.94. The van der Waals surface area contributed by atoms with Gasteiger partial charge in [-0.1, -0.05) is 12.2 Å². The second-order valence-electron chi connectivity index (χ2n) is 5.99. The van der Waals surface area contributed by atoms with Crippen LogP contribution in [0, 0.1) is 30.1 Å². The average molecular weight is 410 g/mol. The van der Waals surface area contributed by atoms with Gasteiger partial charge in [0.25, 0.3) is 0 Å².